The first-order chi connectivity index (χ1) is 14.0. The van der Waals surface area contributed by atoms with E-state index in [0.29, 0.717) is 13.1 Å². The molecular formula is C23H30N4O3. The molecule has 2 fully saturated rings. The third-order valence-corrected chi connectivity index (χ3v) is 6.05. The van der Waals surface area contributed by atoms with Gasteiger partial charge in [0.25, 0.3) is 0 Å². The van der Waals surface area contributed by atoms with Crippen molar-refractivity contribution in [2.24, 2.45) is 17.8 Å². The third-order valence-electron chi connectivity index (χ3n) is 6.05. The van der Waals surface area contributed by atoms with Crippen molar-refractivity contribution in [2.45, 2.75) is 52.7 Å². The van der Waals surface area contributed by atoms with Crippen molar-refractivity contribution in [1.29, 1.82) is 0 Å². The number of ether oxygens (including phenoxy) is 1. The van der Waals surface area contributed by atoms with E-state index in [9.17, 15) is 9.59 Å². The Morgan fingerprint density at radius 1 is 1.03 bits per heavy atom. The summed E-state index contributed by atoms with van der Waals surface area (Å²) in [5.74, 6) is 0.362. The lowest BCUT2D eigenvalue weighted by molar-refractivity contribution is -0.125. The third kappa shape index (κ3) is 3.73. The second-order valence-electron chi connectivity index (χ2n) is 10.0. The van der Waals surface area contributed by atoms with Gasteiger partial charge in [-0.05, 0) is 53.4 Å². The number of carbonyl (C=O) groups is 2. The van der Waals surface area contributed by atoms with Crippen LogP contribution in [-0.2, 0) is 15.1 Å². The molecule has 4 rings (SSSR count). The minimum Gasteiger partial charge on any atom is -0.444 e. The topological polar surface area (TPSA) is 84.4 Å². The van der Waals surface area contributed by atoms with E-state index in [-0.39, 0.29) is 29.8 Å². The first-order valence-corrected chi connectivity index (χ1v) is 10.5. The highest BCUT2D eigenvalue weighted by molar-refractivity contribution is 5.88. The number of piperidine rings is 1. The molecule has 1 aromatic carbocycles. The van der Waals surface area contributed by atoms with Crippen LogP contribution in [0.25, 0.3) is 10.8 Å². The average molecular weight is 411 g/mol. The van der Waals surface area contributed by atoms with Crippen molar-refractivity contribution in [2.75, 3.05) is 13.1 Å². The summed E-state index contributed by atoms with van der Waals surface area (Å²) in [7, 11) is 0. The van der Waals surface area contributed by atoms with E-state index in [4.69, 9.17) is 4.74 Å². The van der Waals surface area contributed by atoms with Gasteiger partial charge in [-0.25, -0.2) is 4.79 Å². The van der Waals surface area contributed by atoms with Gasteiger partial charge in [-0.2, -0.15) is 10.2 Å². The number of hydrogen-bond donors (Lipinski definition) is 1. The number of fused-ring (bicyclic) bond motifs is 2. The van der Waals surface area contributed by atoms with Crippen LogP contribution in [0.4, 0.5) is 4.79 Å². The Morgan fingerprint density at radius 2 is 1.63 bits per heavy atom. The van der Waals surface area contributed by atoms with Crippen LogP contribution < -0.4 is 5.32 Å². The molecule has 0 spiro atoms. The van der Waals surface area contributed by atoms with Gasteiger partial charge in [-0.3, -0.25) is 4.79 Å². The number of benzene rings is 1. The van der Waals surface area contributed by atoms with Gasteiger partial charge in [0.2, 0.25) is 5.91 Å². The summed E-state index contributed by atoms with van der Waals surface area (Å²) < 4.78 is 5.45. The van der Waals surface area contributed by atoms with E-state index in [0.717, 1.165) is 22.2 Å². The summed E-state index contributed by atoms with van der Waals surface area (Å²) in [6.45, 7) is 12.6. The van der Waals surface area contributed by atoms with Gasteiger partial charge >= 0.3 is 6.09 Å². The molecule has 7 heteroatoms. The molecule has 30 heavy (non-hydrogen) atoms. The van der Waals surface area contributed by atoms with Gasteiger partial charge in [0.1, 0.15) is 5.60 Å². The van der Waals surface area contributed by atoms with Crippen LogP contribution in [0.15, 0.2) is 24.3 Å². The maximum atomic E-state index is 13.0. The molecule has 2 amide bonds. The smallest absolute Gasteiger partial charge is 0.410 e. The minimum absolute atomic E-state index is 0.0188. The predicted octanol–water partition coefficient (Wildman–Crippen LogP) is 3.40. The van der Waals surface area contributed by atoms with Crippen molar-refractivity contribution in [1.82, 2.24) is 20.4 Å². The molecule has 2 aromatic rings. The van der Waals surface area contributed by atoms with E-state index in [1.54, 1.807) is 4.90 Å². The Hall–Kier alpha value is -2.70. The van der Waals surface area contributed by atoms with Crippen LogP contribution in [0.1, 0.15) is 46.0 Å². The standard InChI is InChI=1S/C23H30N4O3/c1-13-14-9-7-8-10-15(14)19(26-25-13)23(5,6)24-20(28)18-16-11-27(12-17(16)18)21(29)30-22(2,3)4/h7-10,16-18H,11-12H2,1-6H3,(H,24,28)/t16-,17+,18+. The van der Waals surface area contributed by atoms with Gasteiger partial charge in [0.15, 0.2) is 0 Å². The lowest BCUT2D eigenvalue weighted by atomic mass is 9.94. The lowest BCUT2D eigenvalue weighted by Gasteiger charge is -2.28. The molecule has 0 bridgehead atoms. The fraction of sp³-hybridized carbons (Fsp3) is 0.565. The lowest BCUT2D eigenvalue weighted by Crippen LogP contribution is -2.44. The molecule has 1 aliphatic heterocycles. The summed E-state index contributed by atoms with van der Waals surface area (Å²) in [6.07, 6.45) is -0.296. The van der Waals surface area contributed by atoms with E-state index >= 15 is 0 Å². The molecule has 1 aromatic heterocycles. The second-order valence-corrected chi connectivity index (χ2v) is 10.0. The van der Waals surface area contributed by atoms with Crippen LogP contribution >= 0.6 is 0 Å². The Kier molecular flexibility index (Phi) is 4.75. The Balaban J connectivity index is 1.43. The number of nitrogens with one attached hydrogen (secondary N) is 1. The molecule has 2 heterocycles. The van der Waals surface area contributed by atoms with E-state index in [2.05, 4.69) is 15.5 Å². The number of carbonyl (C=O) groups excluding carboxylic acids is 2. The van der Waals surface area contributed by atoms with E-state index in [1.807, 2.05) is 65.8 Å². The summed E-state index contributed by atoms with van der Waals surface area (Å²) in [6, 6.07) is 8.00. The molecule has 1 saturated heterocycles. The Morgan fingerprint density at radius 3 is 2.23 bits per heavy atom. The molecule has 1 N–H and O–H groups in total. The van der Waals surface area contributed by atoms with Crippen LogP contribution in [0.3, 0.4) is 0 Å². The van der Waals surface area contributed by atoms with Crippen LogP contribution in [0.2, 0.25) is 0 Å². The second kappa shape index (κ2) is 6.93. The van der Waals surface area contributed by atoms with E-state index in [1.165, 1.54) is 0 Å². The molecular weight excluding hydrogens is 380 g/mol. The molecule has 0 radical (unpaired) electrons. The van der Waals surface area contributed by atoms with Crippen LogP contribution in [0, 0.1) is 24.7 Å². The zero-order chi connectivity index (χ0) is 21.8. The van der Waals surface area contributed by atoms with Crippen LogP contribution in [0.5, 0.6) is 0 Å². The maximum absolute atomic E-state index is 13.0. The van der Waals surface area contributed by atoms with Crippen molar-refractivity contribution < 1.29 is 14.3 Å². The van der Waals surface area contributed by atoms with Crippen molar-refractivity contribution in [3.8, 4) is 0 Å². The number of aryl methyl sites for hydroxylation is 1. The van der Waals surface area contributed by atoms with Gasteiger partial charge in [-0.15, -0.1) is 0 Å². The highest BCUT2D eigenvalue weighted by atomic mass is 16.6. The monoisotopic (exact) mass is 410 g/mol. The summed E-state index contributed by atoms with van der Waals surface area (Å²) in [5.41, 5.74) is 0.468. The number of likely N-dealkylation sites (tertiary alicyclic amines) is 1. The molecule has 1 saturated carbocycles. The largest absolute Gasteiger partial charge is 0.444 e. The quantitative estimate of drug-likeness (QED) is 0.838. The van der Waals surface area contributed by atoms with Gasteiger partial charge < -0.3 is 15.0 Å². The summed E-state index contributed by atoms with van der Waals surface area (Å²) in [4.78, 5) is 27.0. The fourth-order valence-electron chi connectivity index (χ4n) is 4.54. The SMILES string of the molecule is Cc1nnc(C(C)(C)NC(=O)[C@H]2[C@@H]3CN(C(=O)OC(C)(C)C)C[C@@H]32)c2ccccc12. The minimum atomic E-state index is -0.654. The number of rotatable bonds is 3. The Labute approximate surface area is 177 Å². The number of nitrogens with zero attached hydrogens (tertiary/aromatic N) is 3. The van der Waals surface area contributed by atoms with Gasteiger partial charge in [-0.1, -0.05) is 24.3 Å². The van der Waals surface area contributed by atoms with E-state index < -0.39 is 11.1 Å². The van der Waals surface area contributed by atoms with Crippen molar-refractivity contribution in [3.05, 3.63) is 35.7 Å². The highest BCUT2D eigenvalue weighted by Crippen LogP contribution is 2.52. The first-order valence-electron chi connectivity index (χ1n) is 10.5. The Bertz CT molecular complexity index is 999. The zero-order valence-electron chi connectivity index (χ0n) is 18.5. The highest BCUT2D eigenvalue weighted by Gasteiger charge is 2.61. The fourth-order valence-corrected chi connectivity index (χ4v) is 4.54. The number of amides is 2. The van der Waals surface area contributed by atoms with Gasteiger partial charge in [0, 0.05) is 29.8 Å². The molecule has 7 nitrogen and oxygen atoms in total. The van der Waals surface area contributed by atoms with Crippen LogP contribution in [-0.4, -0.2) is 45.8 Å². The number of aromatic nitrogens is 2. The average Bonchev–Trinajstić information content (AvgIpc) is 3.14. The molecule has 0 unspecified atom stereocenters. The predicted molar refractivity (Wildman–Crippen MR) is 114 cm³/mol. The molecule has 1 aliphatic carbocycles. The van der Waals surface area contributed by atoms with Crippen molar-refractivity contribution >= 4 is 22.8 Å². The maximum Gasteiger partial charge on any atom is 0.410 e. The van der Waals surface area contributed by atoms with Gasteiger partial charge in [0.05, 0.1) is 16.9 Å². The summed E-state index contributed by atoms with van der Waals surface area (Å²) in [5, 5.41) is 13.9. The molecule has 2 aliphatic rings. The normalized spacial score (nSPS) is 23.3. The zero-order valence-corrected chi connectivity index (χ0v) is 18.5. The molecule has 160 valence electrons. The van der Waals surface area contributed by atoms with Crippen molar-refractivity contribution in [3.63, 3.8) is 0 Å². The molecule has 3 atom stereocenters. The summed E-state index contributed by atoms with van der Waals surface area (Å²) >= 11 is 0. The first kappa shape index (κ1) is 20.6. The number of hydrogen-bond acceptors (Lipinski definition) is 5.